The minimum absolute atomic E-state index is 0. The maximum absolute atomic E-state index is 9.93. The number of rotatable bonds is 9. The van der Waals surface area contributed by atoms with E-state index in [2.05, 4.69) is 196 Å². The van der Waals surface area contributed by atoms with Crippen molar-refractivity contribution in [1.29, 1.82) is 0 Å². The Hall–Kier alpha value is -8.76. The van der Waals surface area contributed by atoms with Gasteiger partial charge < -0.3 is 19.6 Å². The van der Waals surface area contributed by atoms with Crippen molar-refractivity contribution in [3.05, 3.63) is 277 Å². The summed E-state index contributed by atoms with van der Waals surface area (Å²) in [6.45, 7) is 24.6. The average molecular weight is 1360 g/mol. The van der Waals surface area contributed by atoms with Crippen LogP contribution < -0.4 is 19.6 Å². The van der Waals surface area contributed by atoms with Gasteiger partial charge in [-0.2, -0.15) is 6.07 Å². The Bertz CT molecular complexity index is 5110. The molecule has 3 heterocycles. The number of fused-ring (bicyclic) bond motifs is 6. The SMILES string of the molecule is [2H]c1c([2H])c([2H])c(-c2c([2H])c(C([2H])([2H])[2H])c([2H])c(-c3c([2H])c([2H])c([2H])c([2H])c3[2H])c2N2[CH-]N(c3[c-]c(N(c4[c-]c5c(cc4)-c4ccccc4-c4cc(-c6cc(C(C)(C)C)cc(C(C)(C)C)c6)ccc4N5c4cc(C(C)(C)C)ccn4)c4ccccc4)cc(C(C)(C)C)c3)c3ccccc32)c([2H])c1[2H].[Pt]. The zero-order valence-electron chi connectivity index (χ0n) is 67.1. The van der Waals surface area contributed by atoms with Crippen LogP contribution in [0.5, 0.6) is 0 Å². The van der Waals surface area contributed by atoms with Crippen LogP contribution in [0.2, 0.25) is 0 Å². The Balaban J connectivity index is 0.0000102. The van der Waals surface area contributed by atoms with E-state index in [1.54, 1.807) is 35.8 Å². The van der Waals surface area contributed by atoms with Gasteiger partial charge in [-0.25, -0.2) is 4.98 Å². The van der Waals surface area contributed by atoms with Gasteiger partial charge in [-0.3, -0.25) is 0 Å². The molecule has 1 aromatic heterocycles. The third-order valence-corrected chi connectivity index (χ3v) is 16.5. The van der Waals surface area contributed by atoms with Crippen molar-refractivity contribution in [3.8, 4) is 55.6 Å². The predicted molar refractivity (Wildman–Crippen MR) is 373 cm³/mol. The van der Waals surface area contributed by atoms with Crippen LogP contribution in [0, 0.1) is 25.7 Å². The van der Waals surface area contributed by atoms with Crippen LogP contribution in [0.3, 0.4) is 0 Å². The molecule has 2 aliphatic rings. The predicted octanol–water partition coefficient (Wildman–Crippen LogP) is 23.2. The van der Waals surface area contributed by atoms with Crippen molar-refractivity contribution in [3.63, 3.8) is 0 Å². The summed E-state index contributed by atoms with van der Waals surface area (Å²) in [5.74, 6) is 0.684. The van der Waals surface area contributed by atoms with Gasteiger partial charge in [0.15, 0.2) is 0 Å². The monoisotopic (exact) mass is 1350 g/mol. The fourth-order valence-electron chi connectivity index (χ4n) is 11.7. The molecule has 0 bridgehead atoms. The van der Waals surface area contributed by atoms with E-state index in [9.17, 15) is 8.22 Å². The summed E-state index contributed by atoms with van der Waals surface area (Å²) in [4.78, 5) is 12.8. The molecule has 0 N–H and O–H groups in total. The maximum atomic E-state index is 9.93. The second-order valence-corrected chi connectivity index (χ2v) is 26.8. The molecule has 448 valence electrons. The zero-order valence-corrected chi connectivity index (χ0v) is 54.4. The summed E-state index contributed by atoms with van der Waals surface area (Å²) in [5, 5.41) is 0. The van der Waals surface area contributed by atoms with Gasteiger partial charge in [0.05, 0.1) is 22.1 Å². The number of aromatic nitrogens is 1. The fourth-order valence-corrected chi connectivity index (χ4v) is 11.7. The van der Waals surface area contributed by atoms with E-state index < -0.39 is 113 Å². The molecule has 0 radical (unpaired) electrons. The van der Waals surface area contributed by atoms with E-state index in [4.69, 9.17) is 17.3 Å². The van der Waals surface area contributed by atoms with Gasteiger partial charge in [0.2, 0.25) is 0 Å². The van der Waals surface area contributed by atoms with E-state index in [0.29, 0.717) is 34.3 Å². The Morgan fingerprint density at radius 1 is 0.449 bits per heavy atom. The number of hydrogen-bond donors (Lipinski definition) is 0. The van der Waals surface area contributed by atoms with Crippen LogP contribution in [0.4, 0.5) is 57.0 Å². The summed E-state index contributed by atoms with van der Waals surface area (Å²) < 4.78 is 137. The van der Waals surface area contributed by atoms with E-state index in [1.165, 1.54) is 16.0 Å². The molecule has 89 heavy (non-hydrogen) atoms. The van der Waals surface area contributed by atoms with Gasteiger partial charge in [0, 0.05) is 70.8 Å². The maximum Gasteiger partial charge on any atom is 0.135 e. The third kappa shape index (κ3) is 11.7. The van der Waals surface area contributed by atoms with E-state index >= 15 is 0 Å². The van der Waals surface area contributed by atoms with Crippen LogP contribution in [0.1, 0.15) is 131 Å². The van der Waals surface area contributed by atoms with Crippen molar-refractivity contribution in [1.82, 2.24) is 4.98 Å². The number of benzene rings is 10. The quantitative estimate of drug-likeness (QED) is 0.134. The molecule has 0 atom stereocenters. The molecule has 10 aromatic carbocycles. The average Bonchev–Trinajstić information content (AvgIpc) is 1.19. The van der Waals surface area contributed by atoms with Crippen LogP contribution in [0.15, 0.2) is 230 Å². The molecule has 5 nitrogen and oxygen atoms in total. The second-order valence-electron chi connectivity index (χ2n) is 26.8. The molecule has 0 saturated heterocycles. The van der Waals surface area contributed by atoms with Crippen molar-refractivity contribution in [2.75, 3.05) is 19.6 Å². The molecule has 0 amide bonds. The topological polar surface area (TPSA) is 25.9 Å². The van der Waals surface area contributed by atoms with Crippen LogP contribution in [0.25, 0.3) is 55.6 Å². The number of nitrogens with zero attached hydrogens (tertiary/aromatic N) is 5. The number of pyridine rings is 1. The van der Waals surface area contributed by atoms with Gasteiger partial charge in [0.1, 0.15) is 5.82 Å². The Morgan fingerprint density at radius 2 is 1.01 bits per heavy atom. The molecular formula is C83H78N5Pt-3. The Labute approximate surface area is 564 Å². The summed E-state index contributed by atoms with van der Waals surface area (Å²) in [6.07, 6.45) is 1.87. The smallest absolute Gasteiger partial charge is 0.135 e. The first-order valence-corrected chi connectivity index (χ1v) is 29.8. The Kier molecular flexibility index (Phi) is 11.7. The van der Waals surface area contributed by atoms with Gasteiger partial charge >= 0.3 is 0 Å². The third-order valence-electron chi connectivity index (χ3n) is 16.5. The zero-order chi connectivity index (χ0) is 74.4. The minimum atomic E-state index is -3.31. The second kappa shape index (κ2) is 23.3. The molecule has 0 spiro atoms. The van der Waals surface area contributed by atoms with Crippen molar-refractivity contribution < 1.29 is 41.6 Å². The molecule has 0 unspecified atom stereocenters. The van der Waals surface area contributed by atoms with Crippen molar-refractivity contribution >= 4 is 57.0 Å². The number of anilines is 10. The van der Waals surface area contributed by atoms with Gasteiger partial charge in [-0.15, -0.1) is 53.8 Å². The standard InChI is InChI=1S/C83H78N5.Pt/c1-55-43-71(56-27-17-14-18-28-56)79(72(44-55)57-29-19-15-20-30-57)86-54-85(75-35-25-26-36-76(75)86)66-49-63(83(11,12)13)50-67(52-66)87(64-31-21-16-22-32-64)65-38-39-70-68-33-23-24-34-69(68)73-47-58(59-45-61(81(5,6)7)48-62(46-59)82(8,9)10)37-40-74(73)88(77(70)53-65)78-51-60(41-42-84-78)80(2,3)4;/h14-51,54H,1-13H3;/q-3;/i1D3,14D,15D,17D,18D,19D,20D,27D,28D,29D,30D,43D,44D;. The summed E-state index contributed by atoms with van der Waals surface area (Å²) in [5.41, 5.74) is 10.5. The van der Waals surface area contributed by atoms with Gasteiger partial charge in [-0.1, -0.05) is 245 Å². The fraction of sp³-hybridized carbons (Fsp3) is 0.205. The Morgan fingerprint density at radius 3 is 1.61 bits per heavy atom. The molecule has 11 aromatic rings. The normalized spacial score (nSPS) is 15.6. The first kappa shape index (κ1) is 44.6. The summed E-state index contributed by atoms with van der Waals surface area (Å²) in [6, 6.07) is 49.6. The minimum Gasteiger partial charge on any atom is -0.493 e. The summed E-state index contributed by atoms with van der Waals surface area (Å²) >= 11 is 0. The largest absolute Gasteiger partial charge is 0.493 e. The molecule has 2 aliphatic heterocycles. The van der Waals surface area contributed by atoms with Crippen LogP contribution >= 0.6 is 0 Å². The van der Waals surface area contributed by atoms with Crippen molar-refractivity contribution in [2.45, 2.75) is 112 Å². The number of hydrogen-bond acceptors (Lipinski definition) is 5. The van der Waals surface area contributed by atoms with Crippen molar-refractivity contribution in [2.24, 2.45) is 0 Å². The molecule has 0 fully saturated rings. The number of para-hydroxylation sites is 3. The van der Waals surface area contributed by atoms with E-state index in [0.717, 1.165) is 61.6 Å². The van der Waals surface area contributed by atoms with Gasteiger partial charge in [-0.05, 0) is 139 Å². The van der Waals surface area contributed by atoms with Crippen LogP contribution in [-0.4, -0.2) is 4.98 Å². The molecule has 13 rings (SSSR count). The molecule has 0 saturated carbocycles. The van der Waals surface area contributed by atoms with E-state index in [1.807, 2.05) is 42.6 Å². The molecular weight excluding hydrogens is 1260 g/mol. The van der Waals surface area contributed by atoms with Gasteiger partial charge in [0.25, 0.3) is 0 Å². The van der Waals surface area contributed by atoms with Crippen LogP contribution in [-0.2, 0) is 42.7 Å². The molecule has 6 heteroatoms. The van der Waals surface area contributed by atoms with E-state index in [-0.39, 0.29) is 43.0 Å². The first-order valence-electron chi connectivity index (χ1n) is 37.3. The molecule has 0 aliphatic carbocycles. The summed E-state index contributed by atoms with van der Waals surface area (Å²) in [7, 11) is 0. The first-order chi connectivity index (χ1) is 48.3.